The van der Waals surface area contributed by atoms with E-state index in [0.717, 1.165) is 12.1 Å². The van der Waals surface area contributed by atoms with Crippen LogP contribution in [0.25, 0.3) is 0 Å². The van der Waals surface area contributed by atoms with Crippen molar-refractivity contribution in [1.29, 1.82) is 0 Å². The minimum absolute atomic E-state index is 0.00544. The van der Waals surface area contributed by atoms with Crippen molar-refractivity contribution < 1.29 is 118 Å². The van der Waals surface area contributed by atoms with Gasteiger partial charge in [-0.2, -0.15) is 38.2 Å². The van der Waals surface area contributed by atoms with Gasteiger partial charge in [-0.25, -0.2) is 33.7 Å². The number of hydrogen-bond donors (Lipinski definition) is 4. The molecule has 0 fully saturated rings. The highest BCUT2D eigenvalue weighted by Crippen LogP contribution is 2.53. The molecule has 2 aliphatic heterocycles. The highest BCUT2D eigenvalue weighted by atomic mass is 32.2. The predicted molar refractivity (Wildman–Crippen MR) is 307 cm³/mol. The maximum absolute atomic E-state index is 12.9. The molecule has 482 valence electrons. The maximum atomic E-state index is 12.9. The molecule has 2 aliphatic rings. The lowest BCUT2D eigenvalue weighted by molar-refractivity contribution is -0.438. The van der Waals surface area contributed by atoms with Gasteiger partial charge in [0.05, 0.1) is 66.2 Å². The molecule has 0 saturated carbocycles. The van der Waals surface area contributed by atoms with Crippen molar-refractivity contribution in [2.45, 2.75) is 124 Å². The Labute approximate surface area is 497 Å². The molecule has 0 aromatic heterocycles. The van der Waals surface area contributed by atoms with Crippen LogP contribution in [0.3, 0.4) is 0 Å². The van der Waals surface area contributed by atoms with Gasteiger partial charge in [-0.1, -0.05) is 43.2 Å². The molecule has 85 heavy (non-hydrogen) atoms. The largest absolute Gasteiger partial charge is 0.748 e. The number of fused-ring (bicyclic) bond motifs is 2. The molecule has 0 spiro atoms. The van der Waals surface area contributed by atoms with E-state index >= 15 is 0 Å². The van der Waals surface area contributed by atoms with E-state index in [9.17, 15) is 99.2 Å². The summed E-state index contributed by atoms with van der Waals surface area (Å²) in [6.45, 7) is 2.69. The molecule has 36 heteroatoms. The number of anilines is 1. The van der Waals surface area contributed by atoms with Crippen LogP contribution >= 0.6 is 0 Å². The van der Waals surface area contributed by atoms with Gasteiger partial charge in [-0.3, -0.25) is 18.2 Å². The van der Waals surface area contributed by atoms with Crippen LogP contribution in [-0.2, 0) is 91.8 Å². The van der Waals surface area contributed by atoms with Crippen molar-refractivity contribution in [3.63, 3.8) is 0 Å². The van der Waals surface area contributed by atoms with Crippen LogP contribution in [0.1, 0.15) is 115 Å². The number of rotatable bonds is 38. The third kappa shape index (κ3) is 24.0. The molecule has 0 saturated heterocycles. The summed E-state index contributed by atoms with van der Waals surface area (Å²) in [5.74, 6) is -4.94. The van der Waals surface area contributed by atoms with Gasteiger partial charge in [0, 0.05) is 64.7 Å². The average Bonchev–Trinajstić information content (AvgIpc) is 1.62. The molecule has 2 unspecified atom stereocenters. The summed E-state index contributed by atoms with van der Waals surface area (Å²) >= 11 is 0. The number of ether oxygens (including phenoxy) is 2. The van der Waals surface area contributed by atoms with Gasteiger partial charge in [0.2, 0.25) is 5.69 Å². The van der Waals surface area contributed by atoms with Gasteiger partial charge in [0.25, 0.3) is 40.5 Å². The molecule has 2 aromatic carbocycles. The fourth-order valence-corrected chi connectivity index (χ4v) is 14.6. The van der Waals surface area contributed by atoms with Gasteiger partial charge < -0.3 is 32.6 Å². The van der Waals surface area contributed by atoms with Crippen LogP contribution in [0.15, 0.2) is 82.3 Å². The molecule has 0 radical (unpaired) electrons. The molecule has 4 rings (SSSR count). The summed E-state index contributed by atoms with van der Waals surface area (Å²) in [6.07, 6.45) is 10.7. The fourth-order valence-electron chi connectivity index (χ4n) is 9.98. The first-order valence-corrected chi connectivity index (χ1v) is 38.7. The molecule has 4 N–H and O–H groups in total. The van der Waals surface area contributed by atoms with Crippen LogP contribution in [0.5, 0.6) is 11.5 Å². The summed E-state index contributed by atoms with van der Waals surface area (Å²) in [5, 5.41) is 0. The zero-order chi connectivity index (χ0) is 64.1. The number of benzene rings is 2. The van der Waals surface area contributed by atoms with E-state index in [1.54, 1.807) is 47.6 Å². The minimum Gasteiger partial charge on any atom is -0.748 e. The standard InChI is InChI=1S/C49H72N2O26S8/c1-48(22-8-14-28-78(52,53)54)38-34-42(76-26-12-18-32-82(64,65)66)44(84(70,71)72)36-40(38)50(24-10-16-30-80(58,59)60)46(48)20-6-4-3-5-7-21-47-49(2,23-9-15-29-79(55,56)57)39-35-43(77-27-13-19-33-83(67,68)69)45(85(73,74)75)37-41(39)51(47)25-11-17-31-81(61,62)63/h3-7,20-21,34-37H,8-19,22-33H2,1-2H3,(H7-,52,53,54,55,56,57,58,59,60,61,62,63,64,65,66,67,68,69,70,71,72,73,74,75)/p-3. The molecule has 0 bridgehead atoms. The van der Waals surface area contributed by atoms with Gasteiger partial charge in [0.15, 0.2) is 5.71 Å². The normalized spacial score (nSPS) is 18.8. The predicted octanol–water partition coefficient (Wildman–Crippen LogP) is 4.04. The number of allylic oxidation sites excluding steroid dienone is 8. The van der Waals surface area contributed by atoms with Crippen molar-refractivity contribution in [3.05, 3.63) is 83.6 Å². The Hall–Kier alpha value is -4.25. The van der Waals surface area contributed by atoms with Gasteiger partial charge in [-0.15, -0.1) is 0 Å². The van der Waals surface area contributed by atoms with E-state index < -0.39 is 142 Å². The van der Waals surface area contributed by atoms with E-state index in [-0.39, 0.29) is 133 Å². The minimum atomic E-state index is -5.33. The summed E-state index contributed by atoms with van der Waals surface area (Å²) in [4.78, 5) is 0.0852. The van der Waals surface area contributed by atoms with E-state index in [1.165, 1.54) is 30.4 Å². The van der Waals surface area contributed by atoms with Crippen LogP contribution in [0.4, 0.5) is 11.4 Å². The third-order valence-corrected chi connectivity index (χ3v) is 20.4. The molecule has 2 aromatic rings. The lowest BCUT2D eigenvalue weighted by atomic mass is 9.75. The molecular formula is C49H69N2O26S8-3. The van der Waals surface area contributed by atoms with Crippen molar-refractivity contribution in [3.8, 4) is 11.5 Å². The van der Waals surface area contributed by atoms with Crippen LogP contribution in [-0.4, -0.2) is 175 Å². The summed E-state index contributed by atoms with van der Waals surface area (Å²) < 4.78 is 288. The van der Waals surface area contributed by atoms with Gasteiger partial charge >= 0.3 is 0 Å². The summed E-state index contributed by atoms with van der Waals surface area (Å²) in [7, 11) is -37.5. The highest BCUT2D eigenvalue weighted by Gasteiger charge is 2.49. The monoisotopic (exact) mass is 1360 g/mol. The third-order valence-electron chi connectivity index (χ3n) is 13.9. The van der Waals surface area contributed by atoms with Crippen molar-refractivity contribution >= 4 is 98.0 Å². The Kier molecular flexibility index (Phi) is 25.7. The first kappa shape index (κ1) is 73.2. The average molecular weight is 1360 g/mol. The molecule has 0 amide bonds. The summed E-state index contributed by atoms with van der Waals surface area (Å²) in [6, 6.07) is 4.75. The Morgan fingerprint density at radius 3 is 1.44 bits per heavy atom. The Morgan fingerprint density at radius 2 is 0.929 bits per heavy atom. The van der Waals surface area contributed by atoms with E-state index in [1.807, 2.05) is 0 Å². The quantitative estimate of drug-likeness (QED) is 0.0319. The molecular weight excluding hydrogens is 1290 g/mol. The zero-order valence-electron chi connectivity index (χ0n) is 46.3. The van der Waals surface area contributed by atoms with E-state index in [0.29, 0.717) is 22.5 Å². The fraction of sp³-hybridized carbons (Fsp3) is 0.571. The van der Waals surface area contributed by atoms with Crippen molar-refractivity contribution in [2.24, 2.45) is 0 Å². The second kappa shape index (κ2) is 29.8. The Morgan fingerprint density at radius 1 is 0.494 bits per heavy atom. The summed E-state index contributed by atoms with van der Waals surface area (Å²) in [5.41, 5.74) is -0.588. The highest BCUT2D eigenvalue weighted by molar-refractivity contribution is 7.87. The number of hydrogen-bond acceptors (Lipinski definition) is 23. The first-order valence-electron chi connectivity index (χ1n) is 26.3. The Bertz CT molecular complexity index is 3840. The molecule has 2 atom stereocenters. The van der Waals surface area contributed by atoms with Crippen molar-refractivity contribution in [1.82, 2.24) is 0 Å². The second-order valence-corrected chi connectivity index (χ2v) is 32.7. The SMILES string of the molecule is CC1(CCCCS(=O)(=O)[O-])C(/C=C/C=C/C=C/C=C2/N(CCCCS(=O)(=O)O)c3cc(S(=O)(=O)O)c(OCCCCS(=O)(=O)O)cc3C2(C)CCCCS(=O)(=O)O)=[N+](CCCCS(=O)(=O)[O-])c2cc(S(=O)(=O)[O-])c(OCCCCS(=O)(=O)[O-])cc21. The lowest BCUT2D eigenvalue weighted by Crippen LogP contribution is -2.31. The number of nitrogens with zero attached hydrogens (tertiary/aromatic N) is 2. The van der Waals surface area contributed by atoms with E-state index in [4.69, 9.17) is 14.0 Å². The molecule has 28 nitrogen and oxygen atoms in total. The number of unbranched alkanes of at least 4 members (excludes halogenated alkanes) is 6. The second-order valence-electron chi connectivity index (χ2n) is 20.7. The molecule has 0 aliphatic carbocycles. The smallest absolute Gasteiger partial charge is 0.298 e. The van der Waals surface area contributed by atoms with Crippen LogP contribution < -0.4 is 14.4 Å². The van der Waals surface area contributed by atoms with Crippen molar-refractivity contribution in [2.75, 3.05) is 65.7 Å². The van der Waals surface area contributed by atoms with Crippen LogP contribution in [0, 0.1) is 0 Å². The van der Waals surface area contributed by atoms with Gasteiger partial charge in [0.1, 0.15) is 38.0 Å². The first-order chi connectivity index (χ1) is 38.9. The van der Waals surface area contributed by atoms with Crippen LogP contribution in [0.2, 0.25) is 0 Å². The lowest BCUT2D eigenvalue weighted by Gasteiger charge is -2.30. The maximum Gasteiger partial charge on any atom is 0.298 e. The molecule has 2 heterocycles. The van der Waals surface area contributed by atoms with E-state index in [2.05, 4.69) is 0 Å². The van der Waals surface area contributed by atoms with Gasteiger partial charge in [-0.05, 0) is 114 Å². The Balaban J connectivity index is 1.88. The zero-order valence-corrected chi connectivity index (χ0v) is 52.8. The topological polar surface area (TPSA) is 471 Å².